The van der Waals surface area contributed by atoms with Crippen molar-refractivity contribution in [1.82, 2.24) is 30.2 Å². The number of hydrogen-bond donors (Lipinski definition) is 2. The third-order valence-electron chi connectivity index (χ3n) is 5.00. The van der Waals surface area contributed by atoms with Gasteiger partial charge in [0.25, 0.3) is 5.91 Å². The van der Waals surface area contributed by atoms with Crippen LogP contribution in [0.1, 0.15) is 18.0 Å². The number of thioether (sulfide) groups is 2. The Balaban J connectivity index is 1.44. The fourth-order valence-corrected chi connectivity index (χ4v) is 6.61. The van der Waals surface area contributed by atoms with Gasteiger partial charge in [-0.3, -0.25) is 29.3 Å². The van der Waals surface area contributed by atoms with Gasteiger partial charge in [0.05, 0.1) is 4.92 Å². The average Bonchev–Trinajstić information content (AvgIpc) is 3.43. The molecule has 3 atom stereocenters. The van der Waals surface area contributed by atoms with Crippen molar-refractivity contribution < 1.29 is 24.4 Å². The number of aromatic nitrogens is 4. The molecule has 4 heterocycles. The van der Waals surface area contributed by atoms with Crippen LogP contribution in [0, 0.1) is 17.0 Å². The lowest BCUT2D eigenvalue weighted by Crippen LogP contribution is -2.71. The summed E-state index contributed by atoms with van der Waals surface area (Å²) in [4.78, 5) is 48.7. The second-order valence-electron chi connectivity index (χ2n) is 7.14. The molecule has 1 saturated heterocycles. The summed E-state index contributed by atoms with van der Waals surface area (Å²) >= 11 is 4.13. The Hall–Kier alpha value is -2.98. The first kappa shape index (κ1) is 23.2. The van der Waals surface area contributed by atoms with E-state index in [1.165, 1.54) is 46.7 Å². The third kappa shape index (κ3) is 4.45. The van der Waals surface area contributed by atoms with Crippen molar-refractivity contribution >= 4 is 58.3 Å². The molecule has 1 fully saturated rings. The van der Waals surface area contributed by atoms with Crippen LogP contribution in [-0.2, 0) is 14.4 Å². The van der Waals surface area contributed by atoms with Crippen molar-refractivity contribution in [3.63, 3.8) is 0 Å². The number of carbonyl (C=O) groups is 3. The van der Waals surface area contributed by atoms with Gasteiger partial charge in [-0.05, 0) is 19.4 Å². The van der Waals surface area contributed by atoms with E-state index in [0.29, 0.717) is 21.4 Å². The molecule has 0 unspecified atom stereocenters. The predicted molar refractivity (Wildman–Crippen MR) is 119 cm³/mol. The summed E-state index contributed by atoms with van der Waals surface area (Å²) in [5.74, 6) is -1.55. The van der Waals surface area contributed by atoms with Crippen molar-refractivity contribution in [2.75, 3.05) is 11.5 Å². The van der Waals surface area contributed by atoms with Crippen molar-refractivity contribution in [3.05, 3.63) is 38.8 Å². The number of nitrogens with zero attached hydrogens (tertiary/aromatic N) is 6. The number of carboxylic acids is 1. The molecule has 0 radical (unpaired) electrons. The second kappa shape index (κ2) is 9.11. The summed E-state index contributed by atoms with van der Waals surface area (Å²) in [5, 5.41) is 35.2. The van der Waals surface area contributed by atoms with E-state index in [1.807, 2.05) is 6.92 Å². The normalized spacial score (nSPS) is 20.8. The molecule has 2 N–H and O–H groups in total. The molecule has 2 aromatic rings. The highest BCUT2D eigenvalue weighted by molar-refractivity contribution is 8.01. The second-order valence-corrected chi connectivity index (χ2v) is 10.6. The highest BCUT2D eigenvalue weighted by Gasteiger charge is 2.54. The van der Waals surface area contributed by atoms with Gasteiger partial charge in [0.15, 0.2) is 4.34 Å². The molecule has 0 spiro atoms. The van der Waals surface area contributed by atoms with Crippen LogP contribution in [0.15, 0.2) is 28.0 Å². The summed E-state index contributed by atoms with van der Waals surface area (Å²) in [6.07, 6.45) is 2.16. The molecule has 16 heteroatoms. The Morgan fingerprint density at radius 1 is 1.45 bits per heavy atom. The Labute approximate surface area is 198 Å². The summed E-state index contributed by atoms with van der Waals surface area (Å²) < 4.78 is 1.85. The Bertz CT molecular complexity index is 1180. The number of carbonyl (C=O) groups excluding carboxylic acids is 2. The molecule has 0 aromatic carbocycles. The zero-order valence-corrected chi connectivity index (χ0v) is 19.6. The first-order valence-electron chi connectivity index (χ1n) is 9.49. The van der Waals surface area contributed by atoms with Crippen molar-refractivity contribution in [2.45, 2.75) is 35.6 Å². The molecule has 2 aromatic heterocycles. The van der Waals surface area contributed by atoms with Crippen LogP contribution in [0.4, 0.5) is 5.69 Å². The maximum absolute atomic E-state index is 12.8. The number of nitro groups is 1. The molecule has 13 nitrogen and oxygen atoms in total. The number of hydrogen-bond acceptors (Lipinski definition) is 11. The monoisotopic (exact) mass is 511 g/mol. The van der Waals surface area contributed by atoms with Crippen LogP contribution in [0.5, 0.6) is 0 Å². The standard InChI is InChI=1S/C17H17N7O6S3/c1-7(22-4-10(3-18-22)24(29)30)13(25)19-11-14(26)23-12(16(27)28)9(5-31-15(11)23)6-32-17-21-20-8(2)33-17/h3-4,7,11,15H,5-6H2,1-2H3,(H,19,25)(H,27,28)/t7-,11-,15-/m0/s1. The molecule has 0 aliphatic carbocycles. The number of nitrogens with one attached hydrogen (secondary N) is 1. The lowest BCUT2D eigenvalue weighted by atomic mass is 10.0. The molecule has 0 bridgehead atoms. The van der Waals surface area contributed by atoms with Crippen LogP contribution in [-0.4, -0.2) is 75.6 Å². The van der Waals surface area contributed by atoms with Gasteiger partial charge in [-0.2, -0.15) is 5.10 Å². The van der Waals surface area contributed by atoms with Gasteiger partial charge in [-0.1, -0.05) is 23.1 Å². The lowest BCUT2D eigenvalue weighted by molar-refractivity contribution is -0.385. The minimum Gasteiger partial charge on any atom is -0.477 e. The summed E-state index contributed by atoms with van der Waals surface area (Å²) in [6.45, 7) is 3.32. The minimum atomic E-state index is -1.21. The first-order chi connectivity index (χ1) is 15.7. The lowest BCUT2D eigenvalue weighted by Gasteiger charge is -2.49. The maximum Gasteiger partial charge on any atom is 0.352 e. The Kier molecular flexibility index (Phi) is 6.40. The number of aryl methyl sites for hydroxylation is 1. The molecular weight excluding hydrogens is 494 g/mol. The molecule has 33 heavy (non-hydrogen) atoms. The number of rotatable bonds is 8. The van der Waals surface area contributed by atoms with E-state index in [0.717, 1.165) is 22.1 Å². The smallest absolute Gasteiger partial charge is 0.352 e. The van der Waals surface area contributed by atoms with Gasteiger partial charge in [0, 0.05) is 11.5 Å². The number of fused-ring (bicyclic) bond motifs is 1. The predicted octanol–water partition coefficient (Wildman–Crippen LogP) is 1.04. The van der Waals surface area contributed by atoms with Gasteiger partial charge in [-0.25, -0.2) is 4.79 Å². The zero-order chi connectivity index (χ0) is 23.9. The van der Waals surface area contributed by atoms with Crippen LogP contribution in [0.25, 0.3) is 0 Å². The van der Waals surface area contributed by atoms with E-state index < -0.39 is 40.2 Å². The Morgan fingerprint density at radius 3 is 2.82 bits per heavy atom. The largest absolute Gasteiger partial charge is 0.477 e. The van der Waals surface area contributed by atoms with Gasteiger partial charge < -0.3 is 10.4 Å². The van der Waals surface area contributed by atoms with Gasteiger partial charge >= 0.3 is 11.7 Å². The van der Waals surface area contributed by atoms with Crippen molar-refractivity contribution in [3.8, 4) is 0 Å². The SMILES string of the molecule is Cc1nnc(SCC2=C(C(=O)O)N3C(=O)[C@H](NC(=O)[C@H](C)n4cc([N+](=O)[O-])cn4)[C@@H]3SC2)s1. The molecule has 0 saturated carbocycles. The minimum absolute atomic E-state index is 0.0706. The van der Waals surface area contributed by atoms with Crippen LogP contribution < -0.4 is 5.32 Å². The van der Waals surface area contributed by atoms with Gasteiger partial charge in [0.2, 0.25) is 5.91 Å². The quantitative estimate of drug-likeness (QED) is 0.224. The summed E-state index contributed by atoms with van der Waals surface area (Å²) in [6, 6.07) is -1.80. The van der Waals surface area contributed by atoms with E-state index in [9.17, 15) is 29.6 Å². The van der Waals surface area contributed by atoms with Crippen LogP contribution in [0.2, 0.25) is 0 Å². The van der Waals surface area contributed by atoms with E-state index in [4.69, 9.17) is 0 Å². The van der Waals surface area contributed by atoms with Gasteiger partial charge in [0.1, 0.15) is 40.6 Å². The van der Waals surface area contributed by atoms with Crippen LogP contribution in [0.3, 0.4) is 0 Å². The van der Waals surface area contributed by atoms with E-state index >= 15 is 0 Å². The Morgan fingerprint density at radius 2 is 2.21 bits per heavy atom. The van der Waals surface area contributed by atoms with Gasteiger partial charge in [-0.15, -0.1) is 22.0 Å². The molecular formula is C17H17N7O6S3. The fraction of sp³-hybridized carbons (Fsp3) is 0.412. The molecule has 2 amide bonds. The van der Waals surface area contributed by atoms with E-state index in [2.05, 4.69) is 20.6 Å². The third-order valence-corrected chi connectivity index (χ3v) is 8.40. The first-order valence-corrected chi connectivity index (χ1v) is 12.3. The number of carboxylic acid groups (broad SMARTS) is 1. The molecule has 2 aliphatic heterocycles. The van der Waals surface area contributed by atoms with E-state index in [-0.39, 0.29) is 11.4 Å². The number of amides is 2. The summed E-state index contributed by atoms with van der Waals surface area (Å²) in [5.41, 5.74) is 0.268. The average molecular weight is 512 g/mol. The maximum atomic E-state index is 12.8. The number of β-lactam (4-membered cyclic amide) rings is 1. The highest BCUT2D eigenvalue weighted by Crippen LogP contribution is 2.41. The van der Waals surface area contributed by atoms with Crippen LogP contribution >= 0.6 is 34.9 Å². The highest BCUT2D eigenvalue weighted by atomic mass is 32.2. The van der Waals surface area contributed by atoms with Crippen molar-refractivity contribution in [2.24, 2.45) is 0 Å². The molecule has 4 rings (SSSR count). The number of aliphatic carboxylic acids is 1. The topological polar surface area (TPSA) is 173 Å². The van der Waals surface area contributed by atoms with Crippen molar-refractivity contribution in [1.29, 1.82) is 0 Å². The molecule has 174 valence electrons. The zero-order valence-electron chi connectivity index (χ0n) is 17.2. The fourth-order valence-electron chi connectivity index (χ4n) is 3.31. The van der Waals surface area contributed by atoms with E-state index in [1.54, 1.807) is 0 Å². The summed E-state index contributed by atoms with van der Waals surface area (Å²) in [7, 11) is 0. The molecule has 2 aliphatic rings.